The zero-order valence-electron chi connectivity index (χ0n) is 15.1. The van der Waals surface area contributed by atoms with E-state index < -0.39 is 31.1 Å². The van der Waals surface area contributed by atoms with Crippen LogP contribution >= 0.6 is 0 Å². The van der Waals surface area contributed by atoms with Crippen molar-refractivity contribution in [2.24, 2.45) is 0 Å². The lowest BCUT2D eigenvalue weighted by atomic mass is 10.1. The first-order valence-corrected chi connectivity index (χ1v) is 8.82. The van der Waals surface area contributed by atoms with Crippen LogP contribution in [0.25, 0.3) is 11.2 Å². The van der Waals surface area contributed by atoms with Gasteiger partial charge < -0.3 is 30.5 Å². The molecule has 4 rings (SSSR count). The van der Waals surface area contributed by atoms with Gasteiger partial charge in [0.1, 0.15) is 30.4 Å². The van der Waals surface area contributed by atoms with Crippen molar-refractivity contribution in [1.82, 2.24) is 19.5 Å². The third kappa shape index (κ3) is 3.16. The van der Waals surface area contributed by atoms with Gasteiger partial charge in [-0.2, -0.15) is 0 Å². The fourth-order valence-electron chi connectivity index (χ4n) is 3.28. The average molecular weight is 387 g/mol. The van der Waals surface area contributed by atoms with E-state index in [0.29, 0.717) is 29.1 Å². The van der Waals surface area contributed by atoms with Crippen LogP contribution in [0.5, 0.6) is 5.75 Å². The van der Waals surface area contributed by atoms with Crippen LogP contribution in [-0.2, 0) is 11.3 Å². The van der Waals surface area contributed by atoms with Gasteiger partial charge in [-0.15, -0.1) is 0 Å². The molecular formula is C18H21N5O5. The third-order valence-electron chi connectivity index (χ3n) is 4.84. The lowest BCUT2D eigenvalue weighted by Gasteiger charge is -2.16. The van der Waals surface area contributed by atoms with E-state index in [4.69, 9.17) is 4.74 Å². The molecule has 1 aliphatic heterocycles. The number of fused-ring (bicyclic) bond motifs is 1. The molecule has 2 aromatic heterocycles. The van der Waals surface area contributed by atoms with Crippen LogP contribution in [0.2, 0.25) is 0 Å². The molecule has 3 aromatic rings. The summed E-state index contributed by atoms with van der Waals surface area (Å²) < 4.78 is 7.04. The molecule has 0 spiro atoms. The minimum atomic E-state index is -1.23. The maximum Gasteiger partial charge on any atom is 0.167 e. The van der Waals surface area contributed by atoms with E-state index in [9.17, 15) is 20.4 Å². The second-order valence-electron chi connectivity index (χ2n) is 6.76. The predicted molar refractivity (Wildman–Crippen MR) is 98.5 cm³/mol. The fourth-order valence-corrected chi connectivity index (χ4v) is 3.28. The van der Waals surface area contributed by atoms with Crippen molar-refractivity contribution in [3.05, 3.63) is 42.0 Å². The molecule has 4 atom stereocenters. The number of phenolic OH excluding ortho intramolecular Hbond substituents is 1. The second-order valence-corrected chi connectivity index (χ2v) is 6.76. The Morgan fingerprint density at radius 2 is 2.00 bits per heavy atom. The topological polar surface area (TPSA) is 146 Å². The number of imidazole rings is 1. The molecule has 10 heteroatoms. The lowest BCUT2D eigenvalue weighted by Crippen LogP contribution is -2.33. The molecule has 28 heavy (non-hydrogen) atoms. The molecule has 1 aliphatic rings. The van der Waals surface area contributed by atoms with Gasteiger partial charge >= 0.3 is 0 Å². The van der Waals surface area contributed by atoms with Gasteiger partial charge in [-0.1, -0.05) is 12.1 Å². The number of anilines is 1. The van der Waals surface area contributed by atoms with E-state index in [0.717, 1.165) is 5.56 Å². The minimum absolute atomic E-state index is 0.190. The molecule has 0 saturated carbocycles. The highest BCUT2D eigenvalue weighted by atomic mass is 16.6. The number of aliphatic hydroxyl groups excluding tert-OH is 3. The molecule has 148 valence electrons. The Kier molecular flexibility index (Phi) is 4.85. The van der Waals surface area contributed by atoms with Gasteiger partial charge in [-0.25, -0.2) is 15.0 Å². The van der Waals surface area contributed by atoms with E-state index in [1.54, 1.807) is 6.07 Å². The number of hydrogen-bond acceptors (Lipinski definition) is 9. The summed E-state index contributed by atoms with van der Waals surface area (Å²) in [4.78, 5) is 12.7. The summed E-state index contributed by atoms with van der Waals surface area (Å²) in [5, 5.41) is 42.7. The highest BCUT2D eigenvalue weighted by Gasteiger charge is 2.44. The van der Waals surface area contributed by atoms with Gasteiger partial charge in [-0.05, 0) is 18.6 Å². The molecule has 3 heterocycles. The minimum Gasteiger partial charge on any atom is -0.508 e. The van der Waals surface area contributed by atoms with Crippen molar-refractivity contribution in [3.8, 4) is 5.75 Å². The quantitative estimate of drug-likeness (QED) is 0.410. The first kappa shape index (κ1) is 18.6. The summed E-state index contributed by atoms with van der Waals surface area (Å²) >= 11 is 0. The number of aliphatic hydroxyl groups is 3. The Hall–Kier alpha value is -2.79. The summed E-state index contributed by atoms with van der Waals surface area (Å²) in [6.45, 7) is 1.82. The van der Waals surface area contributed by atoms with Crippen LogP contribution in [0.1, 0.15) is 17.4 Å². The Balaban J connectivity index is 1.60. The van der Waals surface area contributed by atoms with E-state index >= 15 is 0 Å². The highest BCUT2D eigenvalue weighted by Crippen LogP contribution is 2.32. The Morgan fingerprint density at radius 1 is 1.18 bits per heavy atom. The molecule has 1 fully saturated rings. The summed E-state index contributed by atoms with van der Waals surface area (Å²) in [6.07, 6.45) is -1.47. The van der Waals surface area contributed by atoms with Crippen molar-refractivity contribution >= 4 is 17.0 Å². The lowest BCUT2D eigenvalue weighted by molar-refractivity contribution is -0.0511. The van der Waals surface area contributed by atoms with E-state index in [1.165, 1.54) is 17.2 Å². The number of rotatable bonds is 5. The van der Waals surface area contributed by atoms with Crippen LogP contribution in [0.4, 0.5) is 5.82 Å². The number of aromatic nitrogens is 4. The number of benzene rings is 1. The van der Waals surface area contributed by atoms with Crippen molar-refractivity contribution < 1.29 is 25.2 Å². The molecule has 0 aliphatic carbocycles. The number of nitrogens with one attached hydrogen (secondary N) is 1. The molecule has 0 radical (unpaired) electrons. The summed E-state index contributed by atoms with van der Waals surface area (Å²) in [5.74, 6) is 0.644. The van der Waals surface area contributed by atoms with Gasteiger partial charge in [-0.3, -0.25) is 4.57 Å². The molecular weight excluding hydrogens is 366 g/mol. The first-order valence-electron chi connectivity index (χ1n) is 8.82. The van der Waals surface area contributed by atoms with Gasteiger partial charge in [0.2, 0.25) is 0 Å². The number of ether oxygens (including phenoxy) is 1. The standard InChI is InChI=1S/C18H21N5O5/c1-9-2-3-10(11(25)4-9)5-19-16-13-17(21-7-20-16)23(8-22-13)18-15(27)14(26)12(6-24)28-18/h2-4,7-8,12,14-15,18,24-27H,5-6H2,1H3,(H,19,20,21)/t12-,14-,15-,18?/m1/s1. The maximum absolute atomic E-state index is 10.2. The van der Waals surface area contributed by atoms with Crippen molar-refractivity contribution in [1.29, 1.82) is 0 Å². The van der Waals surface area contributed by atoms with E-state index in [1.807, 2.05) is 19.1 Å². The van der Waals surface area contributed by atoms with Gasteiger partial charge in [0.25, 0.3) is 0 Å². The van der Waals surface area contributed by atoms with Crippen molar-refractivity contribution in [2.75, 3.05) is 11.9 Å². The highest BCUT2D eigenvalue weighted by molar-refractivity contribution is 5.82. The zero-order valence-corrected chi connectivity index (χ0v) is 15.1. The zero-order chi connectivity index (χ0) is 19.8. The largest absolute Gasteiger partial charge is 0.508 e. The Bertz CT molecular complexity index is 994. The third-order valence-corrected chi connectivity index (χ3v) is 4.84. The second kappa shape index (κ2) is 7.32. The maximum atomic E-state index is 10.2. The Morgan fingerprint density at radius 3 is 2.71 bits per heavy atom. The molecule has 1 saturated heterocycles. The van der Waals surface area contributed by atoms with Crippen molar-refractivity contribution in [3.63, 3.8) is 0 Å². The van der Waals surface area contributed by atoms with Gasteiger partial charge in [0.15, 0.2) is 23.2 Å². The molecule has 1 aromatic carbocycles. The summed E-state index contributed by atoms with van der Waals surface area (Å²) in [6, 6.07) is 5.42. The Labute approximate surface area is 160 Å². The van der Waals surface area contributed by atoms with Crippen LogP contribution in [0, 0.1) is 6.92 Å². The number of aryl methyl sites for hydroxylation is 1. The molecule has 1 unspecified atom stereocenters. The smallest absolute Gasteiger partial charge is 0.167 e. The average Bonchev–Trinajstić information content (AvgIpc) is 3.23. The van der Waals surface area contributed by atoms with Crippen LogP contribution in [0.15, 0.2) is 30.9 Å². The molecule has 10 nitrogen and oxygen atoms in total. The summed E-state index contributed by atoms with van der Waals surface area (Å²) in [7, 11) is 0. The fraction of sp³-hybridized carbons (Fsp3) is 0.389. The summed E-state index contributed by atoms with van der Waals surface area (Å²) in [5.41, 5.74) is 2.52. The molecule has 5 N–H and O–H groups in total. The number of aromatic hydroxyl groups is 1. The molecule has 0 amide bonds. The van der Waals surface area contributed by atoms with Gasteiger partial charge in [0.05, 0.1) is 12.9 Å². The van der Waals surface area contributed by atoms with Crippen LogP contribution in [-0.4, -0.2) is 64.9 Å². The monoisotopic (exact) mass is 387 g/mol. The van der Waals surface area contributed by atoms with E-state index in [-0.39, 0.29) is 5.75 Å². The normalized spacial score (nSPS) is 24.7. The number of phenols is 1. The number of hydrogen-bond donors (Lipinski definition) is 5. The number of nitrogens with zero attached hydrogens (tertiary/aromatic N) is 4. The van der Waals surface area contributed by atoms with Crippen LogP contribution in [0.3, 0.4) is 0 Å². The SMILES string of the molecule is Cc1ccc(CNc2ncnc3c2ncn3C2O[C@H](CO)[C@@H](O)[C@H]2O)c(O)c1. The predicted octanol–water partition coefficient (Wildman–Crippen LogP) is 0.0639. The molecule has 0 bridgehead atoms. The van der Waals surface area contributed by atoms with Crippen LogP contribution < -0.4 is 5.32 Å². The first-order chi connectivity index (χ1) is 13.5. The van der Waals surface area contributed by atoms with Crippen molar-refractivity contribution in [2.45, 2.75) is 38.0 Å². The van der Waals surface area contributed by atoms with Gasteiger partial charge in [0, 0.05) is 12.1 Å². The van der Waals surface area contributed by atoms with E-state index in [2.05, 4.69) is 20.3 Å².